The minimum atomic E-state index is -1.55. The highest BCUT2D eigenvalue weighted by Gasteiger charge is 2.46. The molecule has 0 aromatic carbocycles. The number of ether oxygens (including phenoxy) is 1. The van der Waals surface area contributed by atoms with Crippen molar-refractivity contribution in [2.45, 2.75) is 44.6 Å². The predicted octanol–water partition coefficient (Wildman–Crippen LogP) is -1.36. The van der Waals surface area contributed by atoms with Crippen LogP contribution < -0.4 is 0 Å². The van der Waals surface area contributed by atoms with Crippen LogP contribution in [0.15, 0.2) is 11.3 Å². The van der Waals surface area contributed by atoms with E-state index in [2.05, 4.69) is 0 Å². The van der Waals surface area contributed by atoms with Crippen LogP contribution in [0, 0.1) is 0 Å². The summed E-state index contributed by atoms with van der Waals surface area (Å²) in [6.45, 7) is 3.15. The number of aliphatic hydroxyl groups excluding tert-OH is 5. The van der Waals surface area contributed by atoms with Gasteiger partial charge in [-0.1, -0.05) is 0 Å². The molecule has 0 aromatic heterocycles. The smallest absolute Gasteiger partial charge is 0.184 e. The highest BCUT2D eigenvalue weighted by atomic mass is 16.6. The third kappa shape index (κ3) is 2.30. The van der Waals surface area contributed by atoms with Crippen molar-refractivity contribution in [2.24, 2.45) is 0 Å². The van der Waals surface area contributed by atoms with Gasteiger partial charge in [0.05, 0.1) is 0 Å². The molecule has 88 valence electrons. The van der Waals surface area contributed by atoms with E-state index in [1.807, 2.05) is 0 Å². The first-order valence-corrected chi connectivity index (χ1v) is 4.60. The molecule has 0 amide bonds. The monoisotopic (exact) mass is 220 g/mol. The summed E-state index contributed by atoms with van der Waals surface area (Å²) in [5.41, 5.74) is 0.467. The zero-order valence-corrected chi connectivity index (χ0v) is 8.53. The quantitative estimate of drug-likeness (QED) is 0.367. The van der Waals surface area contributed by atoms with Crippen LogP contribution >= 0.6 is 0 Å². The van der Waals surface area contributed by atoms with E-state index in [4.69, 9.17) is 9.84 Å². The van der Waals surface area contributed by atoms with Crippen LogP contribution in [0.25, 0.3) is 0 Å². The third-order valence-electron chi connectivity index (χ3n) is 2.38. The first kappa shape index (κ1) is 12.4. The molecule has 6 heteroatoms. The molecule has 15 heavy (non-hydrogen) atoms. The lowest BCUT2D eigenvalue weighted by atomic mass is 10.0. The van der Waals surface area contributed by atoms with E-state index in [0.717, 1.165) is 0 Å². The number of hydrogen-bond donors (Lipinski definition) is 5. The number of hydrogen-bond acceptors (Lipinski definition) is 6. The SMILES string of the molecule is CC(C)=C(O)[C@@H](O)[C@H]1O[C@H](O)[C@@H](O)[C@H]1O. The van der Waals surface area contributed by atoms with Crippen molar-refractivity contribution in [3.05, 3.63) is 11.3 Å². The van der Waals surface area contributed by atoms with E-state index in [1.54, 1.807) is 13.8 Å². The predicted molar refractivity (Wildman–Crippen MR) is 49.9 cm³/mol. The second kappa shape index (κ2) is 4.46. The highest BCUT2D eigenvalue weighted by Crippen LogP contribution is 2.25. The average molecular weight is 220 g/mol. The first-order chi connectivity index (χ1) is 6.86. The van der Waals surface area contributed by atoms with Crippen LogP contribution in [0.2, 0.25) is 0 Å². The minimum Gasteiger partial charge on any atom is -0.510 e. The Hall–Kier alpha value is -0.660. The lowest BCUT2D eigenvalue weighted by molar-refractivity contribution is -0.144. The molecule has 1 aliphatic heterocycles. The van der Waals surface area contributed by atoms with Crippen LogP contribution in [0.3, 0.4) is 0 Å². The first-order valence-electron chi connectivity index (χ1n) is 4.60. The molecule has 0 saturated carbocycles. The van der Waals surface area contributed by atoms with Crippen molar-refractivity contribution in [3.63, 3.8) is 0 Å². The normalized spacial score (nSPS) is 37.7. The van der Waals surface area contributed by atoms with Crippen LogP contribution in [-0.2, 0) is 4.74 Å². The molecule has 0 spiro atoms. The molecule has 0 radical (unpaired) electrons. The van der Waals surface area contributed by atoms with Crippen LogP contribution in [0.4, 0.5) is 0 Å². The minimum absolute atomic E-state index is 0.333. The van der Waals surface area contributed by atoms with Gasteiger partial charge in [-0.25, -0.2) is 0 Å². The second-order valence-electron chi connectivity index (χ2n) is 3.80. The summed E-state index contributed by atoms with van der Waals surface area (Å²) in [5.74, 6) is -0.333. The summed E-state index contributed by atoms with van der Waals surface area (Å²) in [6, 6.07) is 0. The summed E-state index contributed by atoms with van der Waals surface area (Å²) in [4.78, 5) is 0. The lowest BCUT2D eigenvalue weighted by Crippen LogP contribution is -2.40. The summed E-state index contributed by atoms with van der Waals surface area (Å²) in [6.07, 6.45) is -7.16. The van der Waals surface area contributed by atoms with Crippen LogP contribution in [-0.4, -0.2) is 56.2 Å². The Balaban J connectivity index is 2.78. The van der Waals surface area contributed by atoms with Crippen LogP contribution in [0.1, 0.15) is 13.8 Å². The standard InChI is InChI=1S/C9H16O6/c1-3(2)4(10)5(11)8-6(12)7(13)9(14)15-8/h5-14H,1-2H3/t5-,6-,7+,8-,9+/m1/s1. The van der Waals surface area contributed by atoms with Crippen molar-refractivity contribution in [1.29, 1.82) is 0 Å². The molecule has 0 unspecified atom stereocenters. The molecule has 1 heterocycles. The Morgan fingerprint density at radius 2 is 1.67 bits per heavy atom. The molecule has 1 aliphatic rings. The van der Waals surface area contributed by atoms with Gasteiger partial charge in [0.25, 0.3) is 0 Å². The molecular weight excluding hydrogens is 204 g/mol. The number of allylic oxidation sites excluding steroid dienone is 1. The zero-order valence-electron chi connectivity index (χ0n) is 8.53. The fourth-order valence-corrected chi connectivity index (χ4v) is 1.40. The van der Waals surface area contributed by atoms with E-state index in [1.165, 1.54) is 0 Å². The van der Waals surface area contributed by atoms with E-state index in [0.29, 0.717) is 5.57 Å². The highest BCUT2D eigenvalue weighted by molar-refractivity contribution is 5.10. The van der Waals surface area contributed by atoms with Crippen molar-refractivity contribution in [1.82, 2.24) is 0 Å². The summed E-state index contributed by atoms with van der Waals surface area (Å²) < 4.78 is 4.73. The van der Waals surface area contributed by atoms with Crippen molar-refractivity contribution in [2.75, 3.05) is 0 Å². The van der Waals surface area contributed by atoms with E-state index < -0.39 is 30.7 Å². The zero-order chi connectivity index (χ0) is 11.7. The fourth-order valence-electron chi connectivity index (χ4n) is 1.40. The van der Waals surface area contributed by atoms with Gasteiger partial charge in [0.1, 0.15) is 30.2 Å². The Morgan fingerprint density at radius 1 is 1.13 bits per heavy atom. The molecule has 1 rings (SSSR count). The van der Waals surface area contributed by atoms with E-state index in [9.17, 15) is 20.4 Å². The third-order valence-corrected chi connectivity index (χ3v) is 2.38. The molecule has 5 atom stereocenters. The van der Waals surface area contributed by atoms with Crippen LogP contribution in [0.5, 0.6) is 0 Å². The maximum absolute atomic E-state index is 9.58. The van der Waals surface area contributed by atoms with Gasteiger partial charge in [0.15, 0.2) is 6.29 Å². The Labute approximate surface area is 87.0 Å². The molecule has 0 aromatic rings. The molecule has 6 nitrogen and oxygen atoms in total. The van der Waals surface area contributed by atoms with Crippen molar-refractivity contribution in [3.8, 4) is 0 Å². The summed E-state index contributed by atoms with van der Waals surface area (Å²) in [5, 5.41) is 46.6. The van der Waals surface area contributed by atoms with Gasteiger partial charge in [-0.15, -0.1) is 0 Å². The molecule has 5 N–H and O–H groups in total. The van der Waals surface area contributed by atoms with Gasteiger partial charge in [0.2, 0.25) is 0 Å². The molecule has 1 fully saturated rings. The summed E-state index contributed by atoms with van der Waals surface area (Å²) >= 11 is 0. The van der Waals surface area contributed by atoms with Gasteiger partial charge >= 0.3 is 0 Å². The van der Waals surface area contributed by atoms with Gasteiger partial charge in [-0.2, -0.15) is 0 Å². The molecule has 1 saturated heterocycles. The van der Waals surface area contributed by atoms with Gasteiger partial charge in [-0.3, -0.25) is 0 Å². The number of aliphatic hydroxyl groups is 5. The summed E-state index contributed by atoms with van der Waals surface area (Å²) in [7, 11) is 0. The van der Waals surface area contributed by atoms with E-state index >= 15 is 0 Å². The lowest BCUT2D eigenvalue weighted by Gasteiger charge is -2.20. The largest absolute Gasteiger partial charge is 0.510 e. The second-order valence-corrected chi connectivity index (χ2v) is 3.80. The molecule has 0 aliphatic carbocycles. The Morgan fingerprint density at radius 3 is 2.00 bits per heavy atom. The van der Waals surface area contributed by atoms with Crippen molar-refractivity contribution < 1.29 is 30.3 Å². The van der Waals surface area contributed by atoms with Gasteiger partial charge in [0, 0.05) is 0 Å². The maximum atomic E-state index is 9.58. The maximum Gasteiger partial charge on any atom is 0.184 e. The fraction of sp³-hybridized carbons (Fsp3) is 0.778. The van der Waals surface area contributed by atoms with Gasteiger partial charge < -0.3 is 30.3 Å². The molecular formula is C9H16O6. The van der Waals surface area contributed by atoms with E-state index in [-0.39, 0.29) is 5.76 Å². The Kier molecular flexibility index (Phi) is 3.69. The molecule has 0 bridgehead atoms. The van der Waals surface area contributed by atoms with Crippen molar-refractivity contribution >= 4 is 0 Å². The average Bonchev–Trinajstić information content (AvgIpc) is 2.43. The topological polar surface area (TPSA) is 110 Å². The van der Waals surface area contributed by atoms with Gasteiger partial charge in [-0.05, 0) is 19.4 Å². The number of rotatable bonds is 2. The Bertz CT molecular complexity index is 259.